The van der Waals surface area contributed by atoms with Crippen molar-refractivity contribution in [2.75, 3.05) is 13.3 Å². The van der Waals surface area contributed by atoms with E-state index in [0.29, 0.717) is 6.79 Å². The molecule has 5 heteroatoms. The summed E-state index contributed by atoms with van der Waals surface area (Å²) in [5.41, 5.74) is 2.18. The molecule has 0 bridgehead atoms. The van der Waals surface area contributed by atoms with Crippen molar-refractivity contribution in [1.82, 2.24) is 10.3 Å². The van der Waals surface area contributed by atoms with E-state index in [2.05, 4.69) is 29.5 Å². The van der Waals surface area contributed by atoms with Gasteiger partial charge >= 0.3 is 0 Å². The van der Waals surface area contributed by atoms with Gasteiger partial charge < -0.3 is 14.8 Å². The third-order valence-electron chi connectivity index (χ3n) is 3.38. The normalized spacial score (nSPS) is 13.1. The van der Waals surface area contributed by atoms with E-state index < -0.39 is 0 Å². The second-order valence-corrected chi connectivity index (χ2v) is 6.43. The maximum atomic E-state index is 5.41. The van der Waals surface area contributed by atoms with Crippen molar-refractivity contribution >= 4 is 11.3 Å². The van der Waals surface area contributed by atoms with Gasteiger partial charge in [0.25, 0.3) is 0 Å². The molecule has 1 aromatic heterocycles. The lowest BCUT2D eigenvalue weighted by molar-refractivity contribution is 0.174. The van der Waals surface area contributed by atoms with Crippen LogP contribution in [0.25, 0.3) is 10.6 Å². The summed E-state index contributed by atoms with van der Waals surface area (Å²) >= 11 is 1.66. The Kier molecular flexibility index (Phi) is 4.41. The first-order valence-corrected chi connectivity index (χ1v) is 8.15. The summed E-state index contributed by atoms with van der Waals surface area (Å²) in [5, 5.41) is 6.57. The molecule has 2 heterocycles. The Morgan fingerprint density at radius 1 is 1.29 bits per heavy atom. The van der Waals surface area contributed by atoms with Crippen LogP contribution >= 0.6 is 11.3 Å². The smallest absolute Gasteiger partial charge is 0.231 e. The fourth-order valence-electron chi connectivity index (χ4n) is 2.16. The number of nitrogens with one attached hydrogen (secondary N) is 1. The largest absolute Gasteiger partial charge is 0.454 e. The lowest BCUT2D eigenvalue weighted by Gasteiger charge is -2.05. The van der Waals surface area contributed by atoms with Crippen LogP contribution in [0, 0.1) is 5.92 Å². The van der Waals surface area contributed by atoms with E-state index in [1.54, 1.807) is 11.3 Å². The number of benzene rings is 1. The summed E-state index contributed by atoms with van der Waals surface area (Å²) in [4.78, 5) is 4.68. The quantitative estimate of drug-likeness (QED) is 0.827. The number of thiazole rings is 1. The van der Waals surface area contributed by atoms with Crippen LogP contribution in [0.15, 0.2) is 23.6 Å². The Balaban J connectivity index is 1.62. The zero-order valence-corrected chi connectivity index (χ0v) is 13.2. The van der Waals surface area contributed by atoms with Crippen molar-refractivity contribution < 1.29 is 9.47 Å². The molecule has 3 rings (SSSR count). The van der Waals surface area contributed by atoms with Crippen LogP contribution in [0.2, 0.25) is 0 Å². The predicted octanol–water partition coefficient (Wildman–Crippen LogP) is 3.67. The summed E-state index contributed by atoms with van der Waals surface area (Å²) in [5.74, 6) is 2.35. The minimum absolute atomic E-state index is 0.307. The molecule has 0 atom stereocenters. The van der Waals surface area contributed by atoms with Crippen LogP contribution in [0.5, 0.6) is 11.5 Å². The van der Waals surface area contributed by atoms with Gasteiger partial charge in [-0.05, 0) is 37.1 Å². The van der Waals surface area contributed by atoms with Gasteiger partial charge in [0.1, 0.15) is 5.01 Å². The average Bonchev–Trinajstić information content (AvgIpc) is 3.11. The highest BCUT2D eigenvalue weighted by atomic mass is 32.1. The minimum atomic E-state index is 0.307. The van der Waals surface area contributed by atoms with Gasteiger partial charge in [-0.15, -0.1) is 11.3 Å². The van der Waals surface area contributed by atoms with Gasteiger partial charge in [-0.3, -0.25) is 0 Å². The van der Waals surface area contributed by atoms with E-state index in [1.165, 1.54) is 6.42 Å². The van der Waals surface area contributed by atoms with Gasteiger partial charge in [0.15, 0.2) is 11.5 Å². The molecule has 2 aromatic rings. The summed E-state index contributed by atoms with van der Waals surface area (Å²) in [7, 11) is 0. The Morgan fingerprint density at radius 3 is 3.00 bits per heavy atom. The monoisotopic (exact) mass is 304 g/mol. The summed E-state index contributed by atoms with van der Waals surface area (Å²) in [6.07, 6.45) is 1.19. The zero-order chi connectivity index (χ0) is 14.7. The Morgan fingerprint density at radius 2 is 2.14 bits per heavy atom. The van der Waals surface area contributed by atoms with E-state index in [0.717, 1.165) is 46.8 Å². The molecule has 112 valence electrons. The SMILES string of the molecule is CC(C)CCNCc1csc(-c2ccc3c(c2)OCO3)n1. The Labute approximate surface area is 129 Å². The predicted molar refractivity (Wildman–Crippen MR) is 84.8 cm³/mol. The van der Waals surface area contributed by atoms with Crippen molar-refractivity contribution in [1.29, 1.82) is 0 Å². The van der Waals surface area contributed by atoms with Gasteiger partial charge in [0, 0.05) is 17.5 Å². The number of ether oxygens (including phenoxy) is 2. The lowest BCUT2D eigenvalue weighted by Crippen LogP contribution is -2.16. The van der Waals surface area contributed by atoms with E-state index in [4.69, 9.17) is 9.47 Å². The zero-order valence-electron chi connectivity index (χ0n) is 12.4. The topological polar surface area (TPSA) is 43.4 Å². The van der Waals surface area contributed by atoms with Crippen molar-refractivity contribution in [2.24, 2.45) is 5.92 Å². The van der Waals surface area contributed by atoms with Crippen molar-refractivity contribution in [3.63, 3.8) is 0 Å². The van der Waals surface area contributed by atoms with Gasteiger partial charge in [-0.25, -0.2) is 4.98 Å². The van der Waals surface area contributed by atoms with Crippen molar-refractivity contribution in [3.8, 4) is 22.1 Å². The molecule has 1 aliphatic heterocycles. The molecule has 21 heavy (non-hydrogen) atoms. The molecule has 0 amide bonds. The summed E-state index contributed by atoms with van der Waals surface area (Å²) < 4.78 is 10.7. The minimum Gasteiger partial charge on any atom is -0.454 e. The van der Waals surface area contributed by atoms with Crippen LogP contribution in [0.4, 0.5) is 0 Å². The van der Waals surface area contributed by atoms with E-state index in [9.17, 15) is 0 Å². The molecule has 0 saturated carbocycles. The summed E-state index contributed by atoms with van der Waals surface area (Å²) in [6, 6.07) is 5.97. The van der Waals surface area contributed by atoms with Crippen LogP contribution in [0.3, 0.4) is 0 Å². The third-order valence-corrected chi connectivity index (χ3v) is 4.32. The van der Waals surface area contributed by atoms with Crippen LogP contribution in [0.1, 0.15) is 26.0 Å². The van der Waals surface area contributed by atoms with Gasteiger partial charge in [-0.2, -0.15) is 0 Å². The molecule has 1 aromatic carbocycles. The first kappa shape index (κ1) is 14.4. The molecule has 1 N–H and O–H groups in total. The van der Waals surface area contributed by atoms with Crippen LogP contribution < -0.4 is 14.8 Å². The van der Waals surface area contributed by atoms with Crippen molar-refractivity contribution in [3.05, 3.63) is 29.3 Å². The Bertz CT molecular complexity index is 610. The molecular formula is C16H20N2O2S. The maximum Gasteiger partial charge on any atom is 0.231 e. The highest BCUT2D eigenvalue weighted by Crippen LogP contribution is 2.36. The van der Waals surface area contributed by atoms with Crippen LogP contribution in [-0.4, -0.2) is 18.3 Å². The highest BCUT2D eigenvalue weighted by Gasteiger charge is 2.15. The molecule has 0 spiro atoms. The standard InChI is InChI=1S/C16H20N2O2S/c1-11(2)5-6-17-8-13-9-21-16(18-13)12-3-4-14-15(7-12)20-10-19-14/h3-4,7,9,11,17H,5-6,8,10H2,1-2H3. The molecular weight excluding hydrogens is 284 g/mol. The molecule has 0 unspecified atom stereocenters. The number of nitrogens with zero attached hydrogens (tertiary/aromatic N) is 1. The highest BCUT2D eigenvalue weighted by molar-refractivity contribution is 7.13. The average molecular weight is 304 g/mol. The maximum absolute atomic E-state index is 5.41. The van der Waals surface area contributed by atoms with E-state index in [1.807, 2.05) is 18.2 Å². The third kappa shape index (κ3) is 3.54. The fraction of sp³-hybridized carbons (Fsp3) is 0.438. The first-order valence-electron chi connectivity index (χ1n) is 7.27. The first-order chi connectivity index (χ1) is 10.2. The molecule has 0 fully saturated rings. The van der Waals surface area contributed by atoms with Crippen LogP contribution in [-0.2, 0) is 6.54 Å². The number of hydrogen-bond donors (Lipinski definition) is 1. The second kappa shape index (κ2) is 6.45. The molecule has 0 saturated heterocycles. The second-order valence-electron chi connectivity index (χ2n) is 5.57. The number of hydrogen-bond acceptors (Lipinski definition) is 5. The number of aromatic nitrogens is 1. The molecule has 4 nitrogen and oxygen atoms in total. The molecule has 0 radical (unpaired) electrons. The van der Waals surface area contributed by atoms with Gasteiger partial charge in [0.05, 0.1) is 5.69 Å². The van der Waals surface area contributed by atoms with E-state index in [-0.39, 0.29) is 0 Å². The van der Waals surface area contributed by atoms with Gasteiger partial charge in [0.2, 0.25) is 6.79 Å². The number of rotatable bonds is 6. The van der Waals surface area contributed by atoms with Gasteiger partial charge in [-0.1, -0.05) is 13.8 Å². The van der Waals surface area contributed by atoms with Crippen molar-refractivity contribution in [2.45, 2.75) is 26.8 Å². The fourth-order valence-corrected chi connectivity index (χ4v) is 2.97. The molecule has 1 aliphatic rings. The molecule has 0 aliphatic carbocycles. The van der Waals surface area contributed by atoms with E-state index >= 15 is 0 Å². The lowest BCUT2D eigenvalue weighted by atomic mass is 10.1. The Hall–Kier alpha value is -1.59. The summed E-state index contributed by atoms with van der Waals surface area (Å²) in [6.45, 7) is 6.65. The number of fused-ring (bicyclic) bond motifs is 1.